The highest BCUT2D eigenvalue weighted by molar-refractivity contribution is 6.32. The van der Waals surface area contributed by atoms with Crippen LogP contribution in [0.15, 0.2) is 11.0 Å². The first-order valence-corrected chi connectivity index (χ1v) is 5.71. The molecule has 0 aromatic carbocycles. The quantitative estimate of drug-likeness (QED) is 0.859. The maximum atomic E-state index is 12.0. The van der Waals surface area contributed by atoms with Crippen molar-refractivity contribution < 1.29 is 8.78 Å². The molecule has 96 valence electrons. The number of halogens is 3. The summed E-state index contributed by atoms with van der Waals surface area (Å²) < 4.78 is 25.2. The summed E-state index contributed by atoms with van der Waals surface area (Å²) in [5, 5.41) is 6.15. The summed E-state index contributed by atoms with van der Waals surface area (Å²) in [6.45, 7) is 1.91. The van der Waals surface area contributed by atoms with E-state index in [0.717, 1.165) is 12.8 Å². The van der Waals surface area contributed by atoms with Gasteiger partial charge in [-0.1, -0.05) is 24.9 Å². The van der Waals surface area contributed by atoms with Crippen LogP contribution >= 0.6 is 11.6 Å². The van der Waals surface area contributed by atoms with Crippen LogP contribution in [0.2, 0.25) is 5.02 Å². The predicted octanol–water partition coefficient (Wildman–Crippen LogP) is 2.37. The average Bonchev–Trinajstić information content (AvgIpc) is 2.29. The number of nitrogens with one attached hydrogen (secondary N) is 1. The Morgan fingerprint density at radius 2 is 2.29 bits per heavy atom. The summed E-state index contributed by atoms with van der Waals surface area (Å²) in [4.78, 5) is 11.7. The third kappa shape index (κ3) is 3.96. The number of anilines is 1. The van der Waals surface area contributed by atoms with Crippen molar-refractivity contribution in [3.63, 3.8) is 0 Å². The molecule has 4 nitrogen and oxygen atoms in total. The van der Waals surface area contributed by atoms with Gasteiger partial charge in [0.15, 0.2) is 0 Å². The molecule has 0 aliphatic heterocycles. The summed E-state index contributed by atoms with van der Waals surface area (Å²) >= 11 is 5.78. The van der Waals surface area contributed by atoms with Crippen molar-refractivity contribution in [1.29, 1.82) is 0 Å². The molecule has 1 aromatic heterocycles. The Balaban J connectivity index is 2.83. The van der Waals surface area contributed by atoms with Crippen LogP contribution in [0.3, 0.4) is 0 Å². The second-order valence-corrected chi connectivity index (χ2v) is 3.90. The van der Waals surface area contributed by atoms with E-state index in [1.54, 1.807) is 0 Å². The molecule has 0 spiro atoms. The normalized spacial score (nSPS) is 10.9. The Hall–Kier alpha value is -1.17. The third-order valence-corrected chi connectivity index (χ3v) is 2.52. The van der Waals surface area contributed by atoms with Crippen LogP contribution in [0.25, 0.3) is 0 Å². The van der Waals surface area contributed by atoms with Gasteiger partial charge in [-0.3, -0.25) is 4.79 Å². The topological polar surface area (TPSA) is 46.9 Å². The van der Waals surface area contributed by atoms with Gasteiger partial charge in [-0.15, -0.1) is 0 Å². The van der Waals surface area contributed by atoms with Gasteiger partial charge in [-0.25, -0.2) is 13.5 Å². The van der Waals surface area contributed by atoms with Crippen molar-refractivity contribution >= 4 is 17.3 Å². The number of unbranched alkanes of at least 4 members (excludes halogenated alkanes) is 1. The highest BCUT2D eigenvalue weighted by atomic mass is 35.5. The molecule has 0 aliphatic carbocycles. The summed E-state index contributed by atoms with van der Waals surface area (Å²) in [6.07, 6.45) is 0.528. The van der Waals surface area contributed by atoms with E-state index in [-0.39, 0.29) is 10.7 Å². The SMILES string of the molecule is CCCCn1ncc(NCC(F)F)c(Cl)c1=O. The Kier molecular flexibility index (Phi) is 5.34. The molecule has 17 heavy (non-hydrogen) atoms. The minimum Gasteiger partial charge on any atom is -0.377 e. The van der Waals surface area contributed by atoms with Crippen molar-refractivity contribution in [3.8, 4) is 0 Å². The zero-order chi connectivity index (χ0) is 12.8. The zero-order valence-electron chi connectivity index (χ0n) is 9.42. The summed E-state index contributed by atoms with van der Waals surface area (Å²) in [7, 11) is 0. The Bertz CT molecular complexity index is 423. The summed E-state index contributed by atoms with van der Waals surface area (Å²) in [5.74, 6) is 0. The Morgan fingerprint density at radius 3 is 2.88 bits per heavy atom. The molecule has 7 heteroatoms. The van der Waals surface area contributed by atoms with E-state index in [1.807, 2.05) is 6.92 Å². The fourth-order valence-corrected chi connectivity index (χ4v) is 1.46. The monoisotopic (exact) mass is 265 g/mol. The molecule has 0 aliphatic rings. The molecule has 0 bridgehead atoms. The van der Waals surface area contributed by atoms with E-state index in [9.17, 15) is 13.6 Å². The van der Waals surface area contributed by atoms with Crippen molar-refractivity contribution in [1.82, 2.24) is 9.78 Å². The molecule has 0 amide bonds. The predicted molar refractivity (Wildman–Crippen MR) is 62.9 cm³/mol. The molecule has 0 fully saturated rings. The van der Waals surface area contributed by atoms with E-state index in [4.69, 9.17) is 11.6 Å². The lowest BCUT2D eigenvalue weighted by atomic mass is 10.3. The van der Waals surface area contributed by atoms with Gasteiger partial charge in [0.1, 0.15) is 5.02 Å². The summed E-state index contributed by atoms with van der Waals surface area (Å²) in [5.41, 5.74) is -0.316. The lowest BCUT2D eigenvalue weighted by molar-refractivity contribution is 0.163. The van der Waals surface area contributed by atoms with Gasteiger partial charge < -0.3 is 5.32 Å². The van der Waals surface area contributed by atoms with E-state index in [1.165, 1.54) is 10.9 Å². The lowest BCUT2D eigenvalue weighted by Gasteiger charge is -2.09. The number of aromatic nitrogens is 2. The zero-order valence-corrected chi connectivity index (χ0v) is 10.2. The molecule has 1 heterocycles. The molecule has 0 saturated carbocycles. The number of aryl methyl sites for hydroxylation is 1. The van der Waals surface area contributed by atoms with Crippen LogP contribution in [0.5, 0.6) is 0 Å². The van der Waals surface area contributed by atoms with Crippen molar-refractivity contribution in [2.75, 3.05) is 11.9 Å². The number of hydrogen-bond donors (Lipinski definition) is 1. The van der Waals surface area contributed by atoms with Gasteiger partial charge in [0.2, 0.25) is 0 Å². The minimum absolute atomic E-state index is 0.100. The van der Waals surface area contributed by atoms with Gasteiger partial charge in [0.05, 0.1) is 18.4 Å². The highest BCUT2D eigenvalue weighted by Gasteiger charge is 2.10. The van der Waals surface area contributed by atoms with Gasteiger partial charge in [0.25, 0.3) is 12.0 Å². The number of hydrogen-bond acceptors (Lipinski definition) is 3. The maximum Gasteiger partial charge on any atom is 0.287 e. The smallest absolute Gasteiger partial charge is 0.287 e. The van der Waals surface area contributed by atoms with Crippen LogP contribution < -0.4 is 10.9 Å². The van der Waals surface area contributed by atoms with Crippen molar-refractivity contribution in [2.45, 2.75) is 32.7 Å². The standard InChI is InChI=1S/C10H14ClF2N3O/c1-2-3-4-16-10(17)9(11)7(5-15-16)14-6-8(12)13/h5,8,14H,2-4,6H2,1H3. The van der Waals surface area contributed by atoms with E-state index in [2.05, 4.69) is 10.4 Å². The van der Waals surface area contributed by atoms with E-state index in [0.29, 0.717) is 6.54 Å². The van der Waals surface area contributed by atoms with E-state index >= 15 is 0 Å². The Labute approximate surface area is 103 Å². The van der Waals surface area contributed by atoms with Gasteiger partial charge in [0, 0.05) is 6.54 Å². The maximum absolute atomic E-state index is 12.0. The summed E-state index contributed by atoms with van der Waals surface area (Å²) in [6, 6.07) is 0. The molecule has 1 rings (SSSR count). The van der Waals surface area contributed by atoms with Crippen LogP contribution in [0.4, 0.5) is 14.5 Å². The lowest BCUT2D eigenvalue weighted by Crippen LogP contribution is -2.25. The van der Waals surface area contributed by atoms with Crippen LogP contribution in [0, 0.1) is 0 Å². The molecule has 1 aromatic rings. The number of rotatable bonds is 6. The van der Waals surface area contributed by atoms with Crippen molar-refractivity contribution in [3.05, 3.63) is 21.6 Å². The first-order valence-electron chi connectivity index (χ1n) is 5.34. The molecule has 0 saturated heterocycles. The molecule has 0 unspecified atom stereocenters. The van der Waals surface area contributed by atoms with Gasteiger partial charge in [-0.05, 0) is 6.42 Å². The fraction of sp³-hybridized carbons (Fsp3) is 0.600. The minimum atomic E-state index is -2.51. The largest absolute Gasteiger partial charge is 0.377 e. The first-order chi connectivity index (χ1) is 8.06. The molecule has 0 radical (unpaired) electrons. The number of alkyl halides is 2. The van der Waals surface area contributed by atoms with Crippen LogP contribution in [-0.2, 0) is 6.54 Å². The third-order valence-electron chi connectivity index (χ3n) is 2.16. The molecule has 0 atom stereocenters. The Morgan fingerprint density at radius 1 is 1.59 bits per heavy atom. The van der Waals surface area contributed by atoms with Gasteiger partial charge >= 0.3 is 0 Å². The van der Waals surface area contributed by atoms with Gasteiger partial charge in [-0.2, -0.15) is 5.10 Å². The number of nitrogens with zero attached hydrogens (tertiary/aromatic N) is 2. The second-order valence-electron chi connectivity index (χ2n) is 3.53. The molecular weight excluding hydrogens is 252 g/mol. The second kappa shape index (κ2) is 6.54. The molecule has 1 N–H and O–H groups in total. The fourth-order valence-electron chi connectivity index (χ4n) is 1.24. The highest BCUT2D eigenvalue weighted by Crippen LogP contribution is 2.15. The average molecular weight is 266 g/mol. The van der Waals surface area contributed by atoms with E-state index < -0.39 is 18.5 Å². The molecular formula is C10H14ClF2N3O. The van der Waals surface area contributed by atoms with Crippen molar-refractivity contribution in [2.24, 2.45) is 0 Å². The van der Waals surface area contributed by atoms with Crippen LogP contribution in [0.1, 0.15) is 19.8 Å². The van der Waals surface area contributed by atoms with Crippen LogP contribution in [-0.4, -0.2) is 22.8 Å². The first kappa shape index (κ1) is 13.9.